The standard InChI is InChI=1S/C18H30N2/c1-4-10-20-11-8-18(9-12-20)16(3)19-14-17-7-5-6-15(2)13-17/h5-7,13,16,18-19H,4,8-12,14H2,1-3H3. The Morgan fingerprint density at radius 1 is 1.30 bits per heavy atom. The van der Waals surface area contributed by atoms with Crippen molar-refractivity contribution in [1.82, 2.24) is 10.2 Å². The summed E-state index contributed by atoms with van der Waals surface area (Å²) in [4.78, 5) is 2.61. The molecule has 1 aliphatic heterocycles. The van der Waals surface area contributed by atoms with E-state index in [2.05, 4.69) is 55.3 Å². The molecule has 1 unspecified atom stereocenters. The molecular weight excluding hydrogens is 244 g/mol. The first kappa shape index (κ1) is 15.5. The number of benzene rings is 1. The van der Waals surface area contributed by atoms with Gasteiger partial charge in [-0.1, -0.05) is 36.8 Å². The minimum Gasteiger partial charge on any atom is -0.310 e. The number of piperidine rings is 1. The molecule has 2 heteroatoms. The normalized spacial score (nSPS) is 19.1. The van der Waals surface area contributed by atoms with Crippen LogP contribution in [-0.2, 0) is 6.54 Å². The van der Waals surface area contributed by atoms with Gasteiger partial charge < -0.3 is 10.2 Å². The number of hydrogen-bond acceptors (Lipinski definition) is 2. The third-order valence-corrected chi connectivity index (χ3v) is 4.59. The summed E-state index contributed by atoms with van der Waals surface area (Å²) in [5.74, 6) is 0.841. The molecule has 1 atom stereocenters. The highest BCUT2D eigenvalue weighted by atomic mass is 15.1. The Morgan fingerprint density at radius 3 is 2.70 bits per heavy atom. The van der Waals surface area contributed by atoms with Crippen LogP contribution >= 0.6 is 0 Å². The average Bonchev–Trinajstić information content (AvgIpc) is 2.46. The molecule has 1 fully saturated rings. The van der Waals surface area contributed by atoms with Crippen LogP contribution in [0, 0.1) is 12.8 Å². The summed E-state index contributed by atoms with van der Waals surface area (Å²) in [5.41, 5.74) is 2.75. The Labute approximate surface area is 124 Å². The molecule has 0 amide bonds. The molecule has 2 rings (SSSR count). The zero-order valence-corrected chi connectivity index (χ0v) is 13.4. The summed E-state index contributed by atoms with van der Waals surface area (Å²) >= 11 is 0. The first-order valence-electron chi connectivity index (χ1n) is 8.20. The quantitative estimate of drug-likeness (QED) is 0.853. The van der Waals surface area contributed by atoms with E-state index in [0.29, 0.717) is 6.04 Å². The van der Waals surface area contributed by atoms with Crippen LogP contribution in [-0.4, -0.2) is 30.6 Å². The molecule has 0 radical (unpaired) electrons. The van der Waals surface area contributed by atoms with Crippen LogP contribution < -0.4 is 5.32 Å². The Hall–Kier alpha value is -0.860. The van der Waals surface area contributed by atoms with Crippen LogP contribution in [0.3, 0.4) is 0 Å². The van der Waals surface area contributed by atoms with Crippen LogP contribution in [0.2, 0.25) is 0 Å². The van der Waals surface area contributed by atoms with Crippen molar-refractivity contribution in [3.63, 3.8) is 0 Å². The highest BCUT2D eigenvalue weighted by molar-refractivity contribution is 5.22. The van der Waals surface area contributed by atoms with Gasteiger partial charge in [-0.15, -0.1) is 0 Å². The number of rotatable bonds is 6. The van der Waals surface area contributed by atoms with Gasteiger partial charge in [-0.2, -0.15) is 0 Å². The second-order valence-electron chi connectivity index (χ2n) is 6.34. The van der Waals surface area contributed by atoms with Crippen LogP contribution in [0.25, 0.3) is 0 Å². The lowest BCUT2D eigenvalue weighted by molar-refractivity contribution is 0.162. The van der Waals surface area contributed by atoms with Crippen molar-refractivity contribution in [3.05, 3.63) is 35.4 Å². The minimum atomic E-state index is 0.624. The van der Waals surface area contributed by atoms with Crippen molar-refractivity contribution in [2.24, 2.45) is 5.92 Å². The maximum atomic E-state index is 3.72. The van der Waals surface area contributed by atoms with Crippen LogP contribution in [0.1, 0.15) is 44.2 Å². The molecule has 2 nitrogen and oxygen atoms in total. The van der Waals surface area contributed by atoms with Gasteiger partial charge in [-0.3, -0.25) is 0 Å². The maximum Gasteiger partial charge on any atom is 0.0208 e. The van der Waals surface area contributed by atoms with E-state index >= 15 is 0 Å². The summed E-state index contributed by atoms with van der Waals surface area (Å²) in [5, 5.41) is 3.72. The Morgan fingerprint density at radius 2 is 2.05 bits per heavy atom. The maximum absolute atomic E-state index is 3.72. The van der Waals surface area contributed by atoms with E-state index in [4.69, 9.17) is 0 Å². The first-order valence-corrected chi connectivity index (χ1v) is 8.20. The van der Waals surface area contributed by atoms with Crippen molar-refractivity contribution >= 4 is 0 Å². The van der Waals surface area contributed by atoms with Gasteiger partial charge in [0.2, 0.25) is 0 Å². The fourth-order valence-corrected chi connectivity index (χ4v) is 3.26. The molecular formula is C18H30N2. The summed E-state index contributed by atoms with van der Waals surface area (Å²) in [6.07, 6.45) is 3.98. The van der Waals surface area contributed by atoms with Crippen LogP contribution in [0.15, 0.2) is 24.3 Å². The van der Waals surface area contributed by atoms with Gasteiger partial charge in [0.1, 0.15) is 0 Å². The zero-order chi connectivity index (χ0) is 14.4. The molecule has 112 valence electrons. The third kappa shape index (κ3) is 4.60. The number of nitrogens with one attached hydrogen (secondary N) is 1. The van der Waals surface area contributed by atoms with Crippen molar-refractivity contribution < 1.29 is 0 Å². The predicted octanol–water partition coefficient (Wildman–Crippen LogP) is 3.60. The zero-order valence-electron chi connectivity index (χ0n) is 13.4. The van der Waals surface area contributed by atoms with E-state index in [1.165, 1.54) is 50.0 Å². The highest BCUT2D eigenvalue weighted by Crippen LogP contribution is 2.21. The molecule has 1 N–H and O–H groups in total. The van der Waals surface area contributed by atoms with Gasteiger partial charge >= 0.3 is 0 Å². The molecule has 0 spiro atoms. The Kier molecular flexibility index (Phi) is 6.06. The number of hydrogen-bond donors (Lipinski definition) is 1. The van der Waals surface area contributed by atoms with E-state index in [0.717, 1.165) is 12.5 Å². The van der Waals surface area contributed by atoms with Crippen LogP contribution in [0.4, 0.5) is 0 Å². The largest absolute Gasteiger partial charge is 0.310 e. The number of aryl methyl sites for hydroxylation is 1. The van der Waals surface area contributed by atoms with Crippen molar-refractivity contribution in [1.29, 1.82) is 0 Å². The predicted molar refractivity (Wildman–Crippen MR) is 86.9 cm³/mol. The fourth-order valence-electron chi connectivity index (χ4n) is 3.26. The van der Waals surface area contributed by atoms with Crippen molar-refractivity contribution in [2.75, 3.05) is 19.6 Å². The lowest BCUT2D eigenvalue weighted by Gasteiger charge is -2.35. The van der Waals surface area contributed by atoms with Crippen molar-refractivity contribution in [2.45, 2.75) is 52.6 Å². The van der Waals surface area contributed by atoms with Gasteiger partial charge in [0.25, 0.3) is 0 Å². The summed E-state index contributed by atoms with van der Waals surface area (Å²) in [6, 6.07) is 9.44. The fraction of sp³-hybridized carbons (Fsp3) is 0.667. The van der Waals surface area contributed by atoms with E-state index in [1.807, 2.05) is 0 Å². The smallest absolute Gasteiger partial charge is 0.0208 e. The third-order valence-electron chi connectivity index (χ3n) is 4.59. The van der Waals surface area contributed by atoms with E-state index in [9.17, 15) is 0 Å². The van der Waals surface area contributed by atoms with Gasteiger partial charge in [0.15, 0.2) is 0 Å². The van der Waals surface area contributed by atoms with Crippen LogP contribution in [0.5, 0.6) is 0 Å². The Balaban J connectivity index is 1.74. The lowest BCUT2D eigenvalue weighted by atomic mass is 9.90. The molecule has 0 bridgehead atoms. The summed E-state index contributed by atoms with van der Waals surface area (Å²) in [7, 11) is 0. The molecule has 1 aromatic rings. The van der Waals surface area contributed by atoms with Crippen molar-refractivity contribution in [3.8, 4) is 0 Å². The molecule has 1 aromatic carbocycles. The number of nitrogens with zero attached hydrogens (tertiary/aromatic N) is 1. The monoisotopic (exact) mass is 274 g/mol. The average molecular weight is 274 g/mol. The molecule has 1 aliphatic rings. The molecule has 0 saturated carbocycles. The van der Waals surface area contributed by atoms with E-state index in [-0.39, 0.29) is 0 Å². The summed E-state index contributed by atoms with van der Waals surface area (Å²) < 4.78 is 0. The minimum absolute atomic E-state index is 0.624. The van der Waals surface area contributed by atoms with E-state index < -0.39 is 0 Å². The molecule has 0 aromatic heterocycles. The molecule has 20 heavy (non-hydrogen) atoms. The Bertz CT molecular complexity index is 394. The summed E-state index contributed by atoms with van der Waals surface area (Å²) in [6.45, 7) is 11.6. The second kappa shape index (κ2) is 7.80. The SMILES string of the molecule is CCCN1CCC(C(C)NCc2cccc(C)c2)CC1. The van der Waals surface area contributed by atoms with E-state index in [1.54, 1.807) is 0 Å². The van der Waals surface area contributed by atoms with Gasteiger partial charge in [-0.25, -0.2) is 0 Å². The second-order valence-corrected chi connectivity index (χ2v) is 6.34. The van der Waals surface area contributed by atoms with Gasteiger partial charge in [0, 0.05) is 12.6 Å². The lowest BCUT2D eigenvalue weighted by Crippen LogP contribution is -2.41. The van der Waals surface area contributed by atoms with Gasteiger partial charge in [-0.05, 0) is 64.2 Å². The topological polar surface area (TPSA) is 15.3 Å². The number of likely N-dealkylation sites (tertiary alicyclic amines) is 1. The molecule has 1 saturated heterocycles. The first-order chi connectivity index (χ1) is 9.69. The molecule has 0 aliphatic carbocycles. The van der Waals surface area contributed by atoms with Gasteiger partial charge in [0.05, 0.1) is 0 Å². The molecule has 1 heterocycles. The highest BCUT2D eigenvalue weighted by Gasteiger charge is 2.22.